The maximum atomic E-state index is 11.5. The average Bonchev–Trinajstić information content (AvgIpc) is 2.29. The highest BCUT2D eigenvalue weighted by molar-refractivity contribution is 5.92. The summed E-state index contributed by atoms with van der Waals surface area (Å²) in [5.74, 6) is -1.99. The molecule has 1 aromatic carbocycles. The number of aliphatic hydroxyl groups is 1. The van der Waals surface area contributed by atoms with Crippen molar-refractivity contribution in [3.63, 3.8) is 0 Å². The molecular weight excluding hydrogens is 224 g/mol. The molecule has 0 aliphatic rings. The summed E-state index contributed by atoms with van der Waals surface area (Å²) < 4.78 is 4.73. The van der Waals surface area contributed by atoms with Crippen LogP contribution in [0.25, 0.3) is 0 Å². The van der Waals surface area contributed by atoms with Crippen LogP contribution in [0, 0.1) is 0 Å². The van der Waals surface area contributed by atoms with Crippen molar-refractivity contribution in [2.45, 2.75) is 26.1 Å². The molecule has 5 nitrogen and oxygen atoms in total. The minimum atomic E-state index is -1.31. The summed E-state index contributed by atoms with van der Waals surface area (Å²) in [7, 11) is 0. The number of esters is 1. The van der Waals surface area contributed by atoms with E-state index in [9.17, 15) is 19.8 Å². The second kappa shape index (κ2) is 6.00. The van der Waals surface area contributed by atoms with Gasteiger partial charge in [-0.25, -0.2) is 4.79 Å². The van der Waals surface area contributed by atoms with Gasteiger partial charge >= 0.3 is 5.97 Å². The molecule has 1 rings (SSSR count). The van der Waals surface area contributed by atoms with Crippen molar-refractivity contribution < 1.29 is 24.5 Å². The van der Waals surface area contributed by atoms with Crippen molar-refractivity contribution in [1.82, 2.24) is 0 Å². The van der Waals surface area contributed by atoms with Crippen LogP contribution in [0.15, 0.2) is 24.3 Å². The monoisotopic (exact) mass is 237 g/mol. The summed E-state index contributed by atoms with van der Waals surface area (Å²) in [6, 6.07) is 5.12. The smallest absolute Gasteiger partial charge is 0.340 e. The van der Waals surface area contributed by atoms with Gasteiger partial charge in [0.1, 0.15) is 0 Å². The van der Waals surface area contributed by atoms with Crippen molar-refractivity contribution in [3.05, 3.63) is 35.4 Å². The summed E-state index contributed by atoms with van der Waals surface area (Å²) in [5, 5.41) is 19.8. The molecule has 5 heteroatoms. The number of rotatable bonds is 5. The summed E-state index contributed by atoms with van der Waals surface area (Å²) in [6.07, 6.45) is -0.0747. The van der Waals surface area contributed by atoms with Gasteiger partial charge in [0.15, 0.2) is 0 Å². The number of carboxylic acids is 1. The molecule has 1 unspecified atom stereocenters. The molecule has 0 fully saturated rings. The van der Waals surface area contributed by atoms with E-state index in [0.29, 0.717) is 12.8 Å². The second-order valence-corrected chi connectivity index (χ2v) is 3.51. The number of aliphatic hydroxyl groups excluding tert-OH is 1. The first-order valence-corrected chi connectivity index (χ1v) is 5.25. The Balaban J connectivity index is 2.66. The van der Waals surface area contributed by atoms with Crippen LogP contribution in [0.3, 0.4) is 0 Å². The maximum absolute atomic E-state index is 11.5. The Kier molecular flexibility index (Phi) is 4.66. The molecular formula is C12H13O5-. The van der Waals surface area contributed by atoms with Crippen molar-refractivity contribution in [3.8, 4) is 0 Å². The third-order valence-corrected chi connectivity index (χ3v) is 2.14. The van der Waals surface area contributed by atoms with Crippen LogP contribution >= 0.6 is 0 Å². The number of hydrogen-bond donors (Lipinski definition) is 1. The minimum absolute atomic E-state index is 0.0179. The van der Waals surface area contributed by atoms with E-state index in [-0.39, 0.29) is 11.1 Å². The Morgan fingerprint density at radius 3 is 2.29 bits per heavy atom. The van der Waals surface area contributed by atoms with E-state index in [1.807, 2.05) is 6.92 Å². The minimum Gasteiger partial charge on any atom is -0.545 e. The van der Waals surface area contributed by atoms with E-state index in [0.717, 1.165) is 0 Å². The van der Waals surface area contributed by atoms with Gasteiger partial charge in [-0.2, -0.15) is 0 Å². The number of ether oxygens (including phenoxy) is 1. The van der Waals surface area contributed by atoms with Crippen molar-refractivity contribution in [2.75, 3.05) is 0 Å². The lowest BCUT2D eigenvalue weighted by Gasteiger charge is -2.11. The Hall–Kier alpha value is -1.88. The van der Waals surface area contributed by atoms with Crippen LogP contribution in [0.1, 0.15) is 40.5 Å². The molecule has 0 saturated heterocycles. The van der Waals surface area contributed by atoms with E-state index in [4.69, 9.17) is 4.74 Å². The first-order chi connectivity index (χ1) is 8.04. The zero-order chi connectivity index (χ0) is 12.8. The predicted molar refractivity (Wildman–Crippen MR) is 57.1 cm³/mol. The quantitative estimate of drug-likeness (QED) is 0.589. The molecule has 0 heterocycles. The Bertz CT molecular complexity index is 396. The summed E-state index contributed by atoms with van der Waals surface area (Å²) in [6.45, 7) is 1.85. The topological polar surface area (TPSA) is 86.7 Å². The lowest BCUT2D eigenvalue weighted by Crippen LogP contribution is -2.22. The molecule has 1 aromatic rings. The molecule has 0 saturated carbocycles. The molecule has 0 aliphatic carbocycles. The zero-order valence-corrected chi connectivity index (χ0v) is 9.38. The fourth-order valence-electron chi connectivity index (χ4n) is 1.24. The molecule has 0 radical (unpaired) electrons. The van der Waals surface area contributed by atoms with E-state index in [1.54, 1.807) is 0 Å². The summed E-state index contributed by atoms with van der Waals surface area (Å²) >= 11 is 0. The highest BCUT2D eigenvalue weighted by Crippen LogP contribution is 2.08. The molecule has 0 aliphatic heterocycles. The second-order valence-electron chi connectivity index (χ2n) is 3.51. The SMILES string of the molecule is CCCC(O)OC(=O)c1ccc(C(=O)[O-])cc1. The van der Waals surface area contributed by atoms with E-state index < -0.39 is 18.2 Å². The lowest BCUT2D eigenvalue weighted by molar-refractivity contribution is -0.255. The average molecular weight is 237 g/mol. The number of aromatic carboxylic acids is 1. The van der Waals surface area contributed by atoms with Crippen molar-refractivity contribution >= 4 is 11.9 Å². The van der Waals surface area contributed by atoms with Crippen LogP contribution < -0.4 is 5.11 Å². The molecule has 1 atom stereocenters. The summed E-state index contributed by atoms with van der Waals surface area (Å²) in [4.78, 5) is 21.9. The number of hydrogen-bond acceptors (Lipinski definition) is 5. The molecule has 0 spiro atoms. The van der Waals surface area contributed by atoms with E-state index in [2.05, 4.69) is 0 Å². The van der Waals surface area contributed by atoms with Gasteiger partial charge in [-0.3, -0.25) is 0 Å². The van der Waals surface area contributed by atoms with Gasteiger partial charge in [0.2, 0.25) is 6.29 Å². The Morgan fingerprint density at radius 1 is 1.29 bits per heavy atom. The number of carboxylic acid groups (broad SMARTS) is 1. The fraction of sp³-hybridized carbons (Fsp3) is 0.333. The third kappa shape index (κ3) is 3.88. The highest BCUT2D eigenvalue weighted by atomic mass is 16.6. The largest absolute Gasteiger partial charge is 0.545 e. The number of carbonyl (C=O) groups excluding carboxylic acids is 2. The first kappa shape index (κ1) is 13.2. The van der Waals surface area contributed by atoms with Gasteiger partial charge in [-0.15, -0.1) is 0 Å². The highest BCUT2D eigenvalue weighted by Gasteiger charge is 2.12. The molecule has 0 amide bonds. The Labute approximate surface area is 98.6 Å². The first-order valence-electron chi connectivity index (χ1n) is 5.25. The van der Waals surface area contributed by atoms with Gasteiger partial charge in [0.05, 0.1) is 11.5 Å². The molecule has 17 heavy (non-hydrogen) atoms. The fourth-order valence-corrected chi connectivity index (χ4v) is 1.24. The standard InChI is InChI=1S/C12H14O5/c1-2-3-10(13)17-12(16)9-6-4-8(5-7-9)11(14)15/h4-7,10,13H,2-3H2,1H3,(H,14,15)/p-1. The molecule has 0 bridgehead atoms. The lowest BCUT2D eigenvalue weighted by atomic mass is 10.1. The van der Waals surface area contributed by atoms with Crippen LogP contribution in [0.2, 0.25) is 0 Å². The molecule has 0 aromatic heterocycles. The van der Waals surface area contributed by atoms with E-state index >= 15 is 0 Å². The Morgan fingerprint density at radius 2 is 1.82 bits per heavy atom. The van der Waals surface area contributed by atoms with Crippen LogP contribution in [-0.2, 0) is 4.74 Å². The van der Waals surface area contributed by atoms with Crippen LogP contribution in [0.4, 0.5) is 0 Å². The van der Waals surface area contributed by atoms with Crippen LogP contribution in [-0.4, -0.2) is 23.3 Å². The normalized spacial score (nSPS) is 11.9. The molecule has 92 valence electrons. The number of benzene rings is 1. The maximum Gasteiger partial charge on any atom is 0.340 e. The van der Waals surface area contributed by atoms with Gasteiger partial charge in [0.25, 0.3) is 0 Å². The third-order valence-electron chi connectivity index (χ3n) is 2.14. The zero-order valence-electron chi connectivity index (χ0n) is 9.38. The van der Waals surface area contributed by atoms with Gasteiger partial charge < -0.3 is 19.7 Å². The van der Waals surface area contributed by atoms with E-state index in [1.165, 1.54) is 24.3 Å². The predicted octanol–water partition coefficient (Wildman–Crippen LogP) is 0.325. The van der Waals surface area contributed by atoms with Gasteiger partial charge in [0, 0.05) is 6.42 Å². The van der Waals surface area contributed by atoms with Crippen LogP contribution in [0.5, 0.6) is 0 Å². The van der Waals surface area contributed by atoms with Gasteiger partial charge in [-0.05, 0) is 17.7 Å². The van der Waals surface area contributed by atoms with Crippen molar-refractivity contribution in [2.24, 2.45) is 0 Å². The van der Waals surface area contributed by atoms with Gasteiger partial charge in [-0.1, -0.05) is 25.5 Å². The van der Waals surface area contributed by atoms with Crippen molar-refractivity contribution in [1.29, 1.82) is 0 Å². The molecule has 1 N–H and O–H groups in total. The summed E-state index contributed by atoms with van der Waals surface area (Å²) in [5.41, 5.74) is 0.167. The number of carbonyl (C=O) groups is 2.